The maximum Gasteiger partial charge on any atom is 0.421 e. The molecule has 0 radical (unpaired) electrons. The van der Waals surface area contributed by atoms with Crippen molar-refractivity contribution in [1.29, 1.82) is 0 Å². The number of carbonyl (C=O) groups is 1. The van der Waals surface area contributed by atoms with Gasteiger partial charge in [0.2, 0.25) is 0 Å². The fourth-order valence-electron chi connectivity index (χ4n) is 5.25. The van der Waals surface area contributed by atoms with Gasteiger partial charge in [0.25, 0.3) is 0 Å². The number of benzene rings is 4. The minimum atomic E-state index is -1.03. The van der Waals surface area contributed by atoms with Gasteiger partial charge in [0.15, 0.2) is 5.58 Å². The second-order valence-corrected chi connectivity index (χ2v) is 8.96. The molecule has 1 aliphatic heterocycles. The van der Waals surface area contributed by atoms with Crippen molar-refractivity contribution < 1.29 is 19.1 Å². The fourth-order valence-corrected chi connectivity index (χ4v) is 5.25. The molecule has 5 aromatic rings. The van der Waals surface area contributed by atoms with E-state index in [1.165, 1.54) is 4.90 Å². The molecule has 0 bridgehead atoms. The van der Waals surface area contributed by atoms with E-state index >= 15 is 0 Å². The summed E-state index contributed by atoms with van der Waals surface area (Å²) in [5.41, 5.74) is 3.12. The zero-order valence-corrected chi connectivity index (χ0v) is 19.9. The molecule has 1 amide bonds. The van der Waals surface area contributed by atoms with Gasteiger partial charge in [-0.05, 0) is 28.8 Å². The molecular weight excluding hydrogens is 468 g/mol. The molecule has 0 saturated carbocycles. The van der Waals surface area contributed by atoms with E-state index in [0.29, 0.717) is 16.8 Å². The van der Waals surface area contributed by atoms with Crippen molar-refractivity contribution >= 4 is 22.9 Å². The van der Waals surface area contributed by atoms with Crippen molar-refractivity contribution in [3.05, 3.63) is 136 Å². The van der Waals surface area contributed by atoms with Crippen LogP contribution < -0.4 is 10.7 Å². The molecule has 37 heavy (non-hydrogen) atoms. The Hall–Kier alpha value is -4.62. The van der Waals surface area contributed by atoms with E-state index in [1.54, 1.807) is 22.8 Å². The first-order chi connectivity index (χ1) is 18.1. The highest BCUT2D eigenvalue weighted by molar-refractivity contribution is 5.92. The fraction of sp³-hybridized carbons (Fsp3) is 0.133. The number of nitrogens with zero attached hydrogens (tertiary/aromatic N) is 2. The average Bonchev–Trinajstić information content (AvgIpc) is 3.49. The molecule has 4 aromatic carbocycles. The van der Waals surface area contributed by atoms with Crippen molar-refractivity contribution in [3.63, 3.8) is 0 Å². The topological polar surface area (TPSA) is 84.9 Å². The monoisotopic (exact) mass is 492 g/mol. The van der Waals surface area contributed by atoms with Crippen LogP contribution in [0.5, 0.6) is 0 Å². The Labute approximate surface area is 212 Å². The number of aromatic nitrogens is 1. The van der Waals surface area contributed by atoms with Gasteiger partial charge in [0.1, 0.15) is 11.6 Å². The van der Waals surface area contributed by atoms with Crippen LogP contribution in [0.25, 0.3) is 11.1 Å². The Morgan fingerprint density at radius 3 is 1.81 bits per heavy atom. The number of fused-ring (bicyclic) bond motifs is 1. The third-order valence-corrected chi connectivity index (χ3v) is 6.86. The van der Waals surface area contributed by atoms with Crippen LogP contribution >= 0.6 is 0 Å². The summed E-state index contributed by atoms with van der Waals surface area (Å²) in [7, 11) is 0. The lowest BCUT2D eigenvalue weighted by atomic mass is 9.76. The van der Waals surface area contributed by atoms with Crippen LogP contribution in [0.15, 0.2) is 118 Å². The number of hydrogen-bond acceptors (Lipinski definition) is 5. The lowest BCUT2D eigenvalue weighted by Gasteiger charge is -2.36. The normalized spacial score (nSPS) is 15.8. The third kappa shape index (κ3) is 3.63. The number of amides is 1. The lowest BCUT2D eigenvalue weighted by molar-refractivity contribution is 0.0963. The van der Waals surface area contributed by atoms with Crippen LogP contribution in [-0.2, 0) is 10.3 Å². The number of rotatable bonds is 6. The molecule has 1 atom stereocenters. The first kappa shape index (κ1) is 22.8. The van der Waals surface area contributed by atoms with E-state index in [-0.39, 0.29) is 13.2 Å². The molecule has 1 aliphatic rings. The number of aliphatic hydroxyl groups is 1. The Morgan fingerprint density at radius 1 is 0.784 bits per heavy atom. The predicted molar refractivity (Wildman–Crippen MR) is 140 cm³/mol. The van der Waals surface area contributed by atoms with Crippen molar-refractivity contribution in [3.8, 4) is 0 Å². The molecule has 7 heteroatoms. The second kappa shape index (κ2) is 9.11. The van der Waals surface area contributed by atoms with Gasteiger partial charge in [0, 0.05) is 6.07 Å². The molecule has 1 unspecified atom stereocenters. The zero-order valence-electron chi connectivity index (χ0n) is 19.9. The van der Waals surface area contributed by atoms with Gasteiger partial charge in [-0.15, -0.1) is 0 Å². The minimum absolute atomic E-state index is 0.216. The molecule has 1 saturated heterocycles. The molecule has 1 fully saturated rings. The van der Waals surface area contributed by atoms with Crippen LogP contribution in [0.4, 0.5) is 10.5 Å². The molecule has 184 valence electrons. The zero-order chi connectivity index (χ0) is 25.4. The van der Waals surface area contributed by atoms with Gasteiger partial charge in [-0.2, -0.15) is 0 Å². The molecular formula is C30H24N2O5. The van der Waals surface area contributed by atoms with Crippen LogP contribution in [0.1, 0.15) is 16.7 Å². The smallest absolute Gasteiger partial charge is 0.421 e. The van der Waals surface area contributed by atoms with Crippen LogP contribution in [0.3, 0.4) is 0 Å². The van der Waals surface area contributed by atoms with E-state index in [0.717, 1.165) is 16.7 Å². The number of oxazole rings is 1. The summed E-state index contributed by atoms with van der Waals surface area (Å²) in [6.45, 7) is -0.0442. The van der Waals surface area contributed by atoms with E-state index in [9.17, 15) is 14.7 Å². The number of cyclic esters (lactones) is 1. The lowest BCUT2D eigenvalue weighted by Crippen LogP contribution is -2.42. The standard InChI is InChI=1S/C30H24N2O5/c33-20-25-19-31(28(34)36-25)24-16-17-26-27(18-24)37-29(35)32(26)30(21-10-4-1-5-11-21,22-12-6-2-7-13-22)23-14-8-3-9-15-23/h1-18,25,33H,19-20H2. The summed E-state index contributed by atoms with van der Waals surface area (Å²) in [5, 5.41) is 9.41. The van der Waals surface area contributed by atoms with Gasteiger partial charge in [-0.25, -0.2) is 9.59 Å². The molecule has 7 nitrogen and oxygen atoms in total. The highest BCUT2D eigenvalue weighted by atomic mass is 16.6. The number of carbonyl (C=O) groups excluding carboxylic acids is 1. The van der Waals surface area contributed by atoms with E-state index in [2.05, 4.69) is 0 Å². The van der Waals surface area contributed by atoms with Gasteiger partial charge >= 0.3 is 11.8 Å². The Morgan fingerprint density at radius 2 is 1.32 bits per heavy atom. The van der Waals surface area contributed by atoms with Gasteiger partial charge in [-0.3, -0.25) is 9.47 Å². The molecule has 0 aliphatic carbocycles. The molecule has 2 heterocycles. The summed E-state index contributed by atoms with van der Waals surface area (Å²) in [6.07, 6.45) is -1.14. The van der Waals surface area contributed by atoms with Crippen molar-refractivity contribution in [2.75, 3.05) is 18.1 Å². The van der Waals surface area contributed by atoms with Gasteiger partial charge < -0.3 is 14.3 Å². The third-order valence-electron chi connectivity index (χ3n) is 6.86. The summed E-state index contributed by atoms with van der Waals surface area (Å²) >= 11 is 0. The maximum atomic E-state index is 13.8. The number of ether oxygens (including phenoxy) is 1. The van der Waals surface area contributed by atoms with E-state index in [1.807, 2.05) is 91.0 Å². The summed E-state index contributed by atoms with van der Waals surface area (Å²) in [4.78, 5) is 27.5. The van der Waals surface area contributed by atoms with Crippen LogP contribution in [0.2, 0.25) is 0 Å². The number of hydrogen-bond donors (Lipinski definition) is 1. The summed E-state index contributed by atoms with van der Waals surface area (Å²) in [6, 6.07) is 34.9. The second-order valence-electron chi connectivity index (χ2n) is 8.96. The number of anilines is 1. The van der Waals surface area contributed by atoms with Crippen molar-refractivity contribution in [1.82, 2.24) is 4.57 Å². The Kier molecular flexibility index (Phi) is 5.62. The molecule has 0 spiro atoms. The minimum Gasteiger partial charge on any atom is -0.441 e. The number of aliphatic hydroxyl groups excluding tert-OH is 1. The van der Waals surface area contributed by atoms with E-state index < -0.39 is 23.5 Å². The summed E-state index contributed by atoms with van der Waals surface area (Å²) in [5.74, 6) is -0.527. The van der Waals surface area contributed by atoms with Crippen molar-refractivity contribution in [2.45, 2.75) is 11.6 Å². The highest BCUT2D eigenvalue weighted by Crippen LogP contribution is 2.42. The SMILES string of the molecule is O=C1OC(CO)CN1c1ccc2c(c1)oc(=O)n2C(c1ccccc1)(c1ccccc1)c1ccccc1. The van der Waals surface area contributed by atoms with E-state index in [4.69, 9.17) is 9.15 Å². The highest BCUT2D eigenvalue weighted by Gasteiger charge is 2.42. The largest absolute Gasteiger partial charge is 0.441 e. The first-order valence-electron chi connectivity index (χ1n) is 12.0. The average molecular weight is 493 g/mol. The summed E-state index contributed by atoms with van der Waals surface area (Å²) < 4.78 is 12.7. The van der Waals surface area contributed by atoms with Crippen molar-refractivity contribution in [2.24, 2.45) is 0 Å². The predicted octanol–water partition coefficient (Wildman–Crippen LogP) is 4.75. The maximum absolute atomic E-state index is 13.8. The molecule has 1 N–H and O–H groups in total. The first-order valence-corrected chi connectivity index (χ1v) is 12.0. The quantitative estimate of drug-likeness (QED) is 0.346. The van der Waals surface area contributed by atoms with Gasteiger partial charge in [-0.1, -0.05) is 91.0 Å². The Bertz CT molecular complexity index is 1510. The van der Waals surface area contributed by atoms with Gasteiger partial charge in [0.05, 0.1) is 24.4 Å². The molecule has 1 aromatic heterocycles. The van der Waals surface area contributed by atoms with Crippen LogP contribution in [-0.4, -0.2) is 35.0 Å². The van der Waals surface area contributed by atoms with Crippen LogP contribution in [0, 0.1) is 0 Å². The Balaban J connectivity index is 1.64. The molecule has 6 rings (SSSR count).